The highest BCUT2D eigenvalue weighted by Gasteiger charge is 2.31. The van der Waals surface area contributed by atoms with Gasteiger partial charge in [-0.25, -0.2) is 0 Å². The zero-order valence-electron chi connectivity index (χ0n) is 15.3. The number of nitrogens with zero attached hydrogens (tertiary/aromatic N) is 1. The molecular weight excluding hydrogens is 336 g/mol. The number of ether oxygens (including phenoxy) is 1. The van der Waals surface area contributed by atoms with Gasteiger partial charge in [-0.3, -0.25) is 14.4 Å². The fourth-order valence-corrected chi connectivity index (χ4v) is 3.15. The SMILES string of the molecule is CCC(CC)(CC(=O)O)NC(=O)COc1cccc(N2CCCC2=O)c1. The molecule has 1 aliphatic rings. The second-order valence-electron chi connectivity index (χ2n) is 6.54. The van der Waals surface area contributed by atoms with E-state index in [1.165, 1.54) is 0 Å². The molecule has 1 aromatic carbocycles. The Labute approximate surface area is 153 Å². The number of carboxylic acid groups (broad SMARTS) is 1. The van der Waals surface area contributed by atoms with Gasteiger partial charge >= 0.3 is 5.97 Å². The van der Waals surface area contributed by atoms with E-state index in [0.717, 1.165) is 12.1 Å². The van der Waals surface area contributed by atoms with Crippen LogP contribution >= 0.6 is 0 Å². The Hall–Kier alpha value is -2.57. The van der Waals surface area contributed by atoms with E-state index in [2.05, 4.69) is 5.32 Å². The first-order chi connectivity index (χ1) is 12.4. The summed E-state index contributed by atoms with van der Waals surface area (Å²) in [6.45, 7) is 4.18. The standard InChI is InChI=1S/C19H26N2O5/c1-3-19(4-2,12-18(24)25)20-16(22)13-26-15-8-5-7-14(11-15)21-10-6-9-17(21)23/h5,7-8,11H,3-4,6,9-10,12-13H2,1-2H3,(H,20,22)(H,24,25). The smallest absolute Gasteiger partial charge is 0.305 e. The number of hydrogen-bond acceptors (Lipinski definition) is 4. The summed E-state index contributed by atoms with van der Waals surface area (Å²) in [6, 6.07) is 7.07. The summed E-state index contributed by atoms with van der Waals surface area (Å²) < 4.78 is 5.55. The van der Waals surface area contributed by atoms with E-state index in [1.54, 1.807) is 23.1 Å². The van der Waals surface area contributed by atoms with Crippen LogP contribution in [0.5, 0.6) is 5.75 Å². The maximum Gasteiger partial charge on any atom is 0.305 e. The molecule has 26 heavy (non-hydrogen) atoms. The topological polar surface area (TPSA) is 95.9 Å². The first-order valence-electron chi connectivity index (χ1n) is 8.95. The van der Waals surface area contributed by atoms with E-state index in [0.29, 0.717) is 31.6 Å². The second-order valence-corrected chi connectivity index (χ2v) is 6.54. The molecule has 0 aliphatic carbocycles. The van der Waals surface area contributed by atoms with Crippen LogP contribution in [0.15, 0.2) is 24.3 Å². The molecule has 0 aromatic heterocycles. The minimum atomic E-state index is -0.946. The van der Waals surface area contributed by atoms with Crippen molar-refractivity contribution in [2.75, 3.05) is 18.1 Å². The zero-order chi connectivity index (χ0) is 19.2. The van der Waals surface area contributed by atoms with E-state index in [1.807, 2.05) is 19.9 Å². The summed E-state index contributed by atoms with van der Waals surface area (Å²) in [4.78, 5) is 36.8. The van der Waals surface area contributed by atoms with Gasteiger partial charge < -0.3 is 20.1 Å². The second kappa shape index (κ2) is 8.69. The Bertz CT molecular complexity index is 670. The summed E-state index contributed by atoms with van der Waals surface area (Å²) in [7, 11) is 0. The summed E-state index contributed by atoms with van der Waals surface area (Å²) in [6.07, 6.45) is 2.31. The lowest BCUT2D eigenvalue weighted by molar-refractivity contribution is -0.139. The summed E-state index contributed by atoms with van der Waals surface area (Å²) in [5, 5.41) is 11.9. The van der Waals surface area contributed by atoms with E-state index in [-0.39, 0.29) is 24.8 Å². The van der Waals surface area contributed by atoms with Gasteiger partial charge in [0, 0.05) is 24.7 Å². The van der Waals surface area contributed by atoms with Crippen LogP contribution in [0, 0.1) is 0 Å². The first-order valence-corrected chi connectivity index (χ1v) is 8.95. The fraction of sp³-hybridized carbons (Fsp3) is 0.526. The van der Waals surface area contributed by atoms with Crippen molar-refractivity contribution in [1.29, 1.82) is 0 Å². The third kappa shape index (κ3) is 4.97. The van der Waals surface area contributed by atoms with Crippen molar-refractivity contribution in [2.24, 2.45) is 0 Å². The number of benzene rings is 1. The number of anilines is 1. The Morgan fingerprint density at radius 1 is 1.31 bits per heavy atom. The largest absolute Gasteiger partial charge is 0.484 e. The number of amides is 2. The summed E-state index contributed by atoms with van der Waals surface area (Å²) >= 11 is 0. The lowest BCUT2D eigenvalue weighted by atomic mass is 9.89. The number of carbonyl (C=O) groups excluding carboxylic acids is 2. The van der Waals surface area contributed by atoms with Gasteiger partial charge in [0.1, 0.15) is 5.75 Å². The number of carboxylic acids is 1. The first kappa shape index (κ1) is 19.8. The maximum absolute atomic E-state index is 12.2. The van der Waals surface area contributed by atoms with Crippen molar-refractivity contribution in [3.8, 4) is 5.75 Å². The van der Waals surface area contributed by atoms with Crippen molar-refractivity contribution in [1.82, 2.24) is 5.32 Å². The van der Waals surface area contributed by atoms with Gasteiger partial charge in [0.25, 0.3) is 5.91 Å². The molecule has 0 unspecified atom stereocenters. The van der Waals surface area contributed by atoms with Crippen LogP contribution < -0.4 is 15.0 Å². The molecule has 2 amide bonds. The highest BCUT2D eigenvalue weighted by molar-refractivity contribution is 5.95. The summed E-state index contributed by atoms with van der Waals surface area (Å²) in [5.41, 5.74) is -0.0106. The number of nitrogens with one attached hydrogen (secondary N) is 1. The van der Waals surface area contributed by atoms with Crippen molar-refractivity contribution in [2.45, 2.75) is 51.5 Å². The Morgan fingerprint density at radius 2 is 2.04 bits per heavy atom. The van der Waals surface area contributed by atoms with Crippen LogP contribution in [0.25, 0.3) is 0 Å². The third-order valence-corrected chi connectivity index (χ3v) is 4.82. The molecule has 1 fully saturated rings. The van der Waals surface area contributed by atoms with Crippen LogP contribution in [0.3, 0.4) is 0 Å². The monoisotopic (exact) mass is 362 g/mol. The number of aliphatic carboxylic acids is 1. The molecule has 0 spiro atoms. The normalized spacial score (nSPS) is 14.4. The Kier molecular flexibility index (Phi) is 6.60. The molecule has 142 valence electrons. The molecule has 0 atom stereocenters. The van der Waals surface area contributed by atoms with Gasteiger partial charge in [-0.2, -0.15) is 0 Å². The molecule has 1 aliphatic heterocycles. The van der Waals surface area contributed by atoms with Crippen LogP contribution in [0.2, 0.25) is 0 Å². The predicted molar refractivity (Wildman–Crippen MR) is 97.2 cm³/mol. The molecule has 1 saturated heterocycles. The van der Waals surface area contributed by atoms with Gasteiger partial charge in [-0.15, -0.1) is 0 Å². The van der Waals surface area contributed by atoms with Crippen molar-refractivity contribution in [3.63, 3.8) is 0 Å². The number of hydrogen-bond donors (Lipinski definition) is 2. The highest BCUT2D eigenvalue weighted by Crippen LogP contribution is 2.25. The lowest BCUT2D eigenvalue weighted by Crippen LogP contribution is -2.50. The van der Waals surface area contributed by atoms with Gasteiger partial charge in [-0.05, 0) is 31.4 Å². The minimum Gasteiger partial charge on any atom is -0.484 e. The molecule has 2 N–H and O–H groups in total. The molecule has 0 radical (unpaired) electrons. The fourth-order valence-electron chi connectivity index (χ4n) is 3.15. The van der Waals surface area contributed by atoms with E-state index < -0.39 is 11.5 Å². The maximum atomic E-state index is 12.2. The van der Waals surface area contributed by atoms with E-state index >= 15 is 0 Å². The van der Waals surface area contributed by atoms with E-state index in [4.69, 9.17) is 9.84 Å². The minimum absolute atomic E-state index is 0.0873. The molecule has 1 aromatic rings. The Balaban J connectivity index is 1.96. The van der Waals surface area contributed by atoms with Crippen LogP contribution in [-0.2, 0) is 14.4 Å². The van der Waals surface area contributed by atoms with Crippen LogP contribution in [0.4, 0.5) is 5.69 Å². The van der Waals surface area contributed by atoms with Crippen LogP contribution in [-0.4, -0.2) is 41.6 Å². The van der Waals surface area contributed by atoms with Crippen molar-refractivity contribution < 1.29 is 24.2 Å². The zero-order valence-corrected chi connectivity index (χ0v) is 15.3. The van der Waals surface area contributed by atoms with Crippen molar-refractivity contribution in [3.05, 3.63) is 24.3 Å². The summed E-state index contributed by atoms with van der Waals surface area (Å²) in [5.74, 6) is -0.728. The highest BCUT2D eigenvalue weighted by atomic mass is 16.5. The molecule has 2 rings (SSSR count). The molecule has 7 heteroatoms. The third-order valence-electron chi connectivity index (χ3n) is 4.82. The predicted octanol–water partition coefficient (Wildman–Crippen LogP) is 2.34. The number of carbonyl (C=O) groups is 3. The van der Waals surface area contributed by atoms with Gasteiger partial charge in [0.05, 0.1) is 12.0 Å². The molecule has 7 nitrogen and oxygen atoms in total. The lowest BCUT2D eigenvalue weighted by Gasteiger charge is -2.31. The van der Waals surface area contributed by atoms with Gasteiger partial charge in [-0.1, -0.05) is 19.9 Å². The van der Waals surface area contributed by atoms with Gasteiger partial charge in [0.2, 0.25) is 5.91 Å². The van der Waals surface area contributed by atoms with E-state index in [9.17, 15) is 14.4 Å². The quantitative estimate of drug-likeness (QED) is 0.703. The van der Waals surface area contributed by atoms with Gasteiger partial charge in [0.15, 0.2) is 6.61 Å². The molecule has 0 saturated carbocycles. The van der Waals surface area contributed by atoms with Crippen LogP contribution in [0.1, 0.15) is 46.0 Å². The van der Waals surface area contributed by atoms with Crippen molar-refractivity contribution >= 4 is 23.5 Å². The number of rotatable bonds is 9. The molecule has 1 heterocycles. The molecule has 0 bridgehead atoms. The Morgan fingerprint density at radius 3 is 2.62 bits per heavy atom. The molecular formula is C19H26N2O5. The average Bonchev–Trinajstić information content (AvgIpc) is 3.05. The average molecular weight is 362 g/mol.